The molecule has 3 heteroatoms. The quantitative estimate of drug-likeness (QED) is 0.691. The van der Waals surface area contributed by atoms with Gasteiger partial charge in [-0.25, -0.2) is 0 Å². The fourth-order valence-corrected chi connectivity index (χ4v) is 1.79. The van der Waals surface area contributed by atoms with Gasteiger partial charge in [0.15, 0.2) is 0 Å². The number of ether oxygens (including phenoxy) is 1. The van der Waals surface area contributed by atoms with Gasteiger partial charge in [0.05, 0.1) is 6.61 Å². The Kier molecular flexibility index (Phi) is 7.63. The lowest BCUT2D eigenvalue weighted by Crippen LogP contribution is -2.12. The van der Waals surface area contributed by atoms with Crippen LogP contribution in [0.2, 0.25) is 0 Å². The van der Waals surface area contributed by atoms with Crippen molar-refractivity contribution in [1.82, 2.24) is 0 Å². The topological polar surface area (TPSA) is 49.7 Å². The first-order valence-electron chi connectivity index (χ1n) is 6.20. The average molecular weight is 238 g/mol. The molecule has 2 N–H and O–H groups in total. The molecule has 0 fully saturated rings. The van der Waals surface area contributed by atoms with E-state index in [1.54, 1.807) is 0 Å². The Hall–Kier alpha value is -0.900. The zero-order chi connectivity index (χ0) is 12.3. The SMILES string of the molecule is OCCCC(CCO)COCc1ccccc1. The van der Waals surface area contributed by atoms with Crippen molar-refractivity contribution in [3.63, 3.8) is 0 Å². The van der Waals surface area contributed by atoms with E-state index in [-0.39, 0.29) is 13.2 Å². The highest BCUT2D eigenvalue weighted by Gasteiger charge is 2.08. The van der Waals surface area contributed by atoms with Crippen LogP contribution in [0.3, 0.4) is 0 Å². The van der Waals surface area contributed by atoms with E-state index >= 15 is 0 Å². The van der Waals surface area contributed by atoms with Gasteiger partial charge in [-0.05, 0) is 30.7 Å². The van der Waals surface area contributed by atoms with Gasteiger partial charge in [0.1, 0.15) is 0 Å². The second kappa shape index (κ2) is 9.16. The van der Waals surface area contributed by atoms with Gasteiger partial charge in [-0.15, -0.1) is 0 Å². The number of hydrogen-bond donors (Lipinski definition) is 2. The molecule has 3 nitrogen and oxygen atoms in total. The minimum atomic E-state index is 0.185. The Morgan fingerprint density at radius 1 is 1.00 bits per heavy atom. The Bertz CT molecular complexity index is 274. The molecule has 96 valence electrons. The number of rotatable bonds is 9. The van der Waals surface area contributed by atoms with Gasteiger partial charge in [-0.2, -0.15) is 0 Å². The predicted molar refractivity (Wildman–Crippen MR) is 67.6 cm³/mol. The molecule has 1 rings (SSSR count). The highest BCUT2D eigenvalue weighted by molar-refractivity contribution is 5.13. The lowest BCUT2D eigenvalue weighted by molar-refractivity contribution is 0.0711. The normalized spacial score (nSPS) is 12.6. The predicted octanol–water partition coefficient (Wildman–Crippen LogP) is 1.97. The third-order valence-corrected chi connectivity index (χ3v) is 2.77. The van der Waals surface area contributed by atoms with Gasteiger partial charge >= 0.3 is 0 Å². The van der Waals surface area contributed by atoms with E-state index in [0.29, 0.717) is 19.1 Å². The molecule has 17 heavy (non-hydrogen) atoms. The Balaban J connectivity index is 2.22. The van der Waals surface area contributed by atoms with E-state index in [2.05, 4.69) is 0 Å². The Morgan fingerprint density at radius 3 is 2.41 bits per heavy atom. The Morgan fingerprint density at radius 2 is 1.76 bits per heavy atom. The maximum atomic E-state index is 8.93. The first-order valence-corrected chi connectivity index (χ1v) is 6.20. The molecule has 0 spiro atoms. The molecular formula is C14H22O3. The third-order valence-electron chi connectivity index (χ3n) is 2.77. The molecule has 0 radical (unpaired) electrons. The first kappa shape index (κ1) is 14.2. The summed E-state index contributed by atoms with van der Waals surface area (Å²) in [6.07, 6.45) is 2.43. The van der Waals surface area contributed by atoms with Crippen LogP contribution in [0, 0.1) is 5.92 Å². The van der Waals surface area contributed by atoms with Gasteiger partial charge in [0.2, 0.25) is 0 Å². The summed E-state index contributed by atoms with van der Waals surface area (Å²) < 4.78 is 5.64. The van der Waals surface area contributed by atoms with Crippen LogP contribution in [0.4, 0.5) is 0 Å². The number of benzene rings is 1. The van der Waals surface area contributed by atoms with Crippen LogP contribution < -0.4 is 0 Å². The molecule has 0 aromatic heterocycles. The van der Waals surface area contributed by atoms with Crippen LogP contribution in [0.1, 0.15) is 24.8 Å². The second-order valence-corrected chi connectivity index (χ2v) is 4.24. The molecule has 0 heterocycles. The van der Waals surface area contributed by atoms with Gasteiger partial charge in [-0.1, -0.05) is 30.3 Å². The molecule has 0 aliphatic carbocycles. The van der Waals surface area contributed by atoms with Crippen LogP contribution >= 0.6 is 0 Å². The first-order chi connectivity index (χ1) is 8.36. The lowest BCUT2D eigenvalue weighted by atomic mass is 10.0. The molecule has 0 saturated heterocycles. The van der Waals surface area contributed by atoms with E-state index in [9.17, 15) is 0 Å². The highest BCUT2D eigenvalue weighted by Crippen LogP contribution is 2.12. The van der Waals surface area contributed by atoms with Crippen molar-refractivity contribution in [2.45, 2.75) is 25.9 Å². The second-order valence-electron chi connectivity index (χ2n) is 4.24. The number of hydrogen-bond acceptors (Lipinski definition) is 3. The molecule has 0 amide bonds. The van der Waals surface area contributed by atoms with Gasteiger partial charge < -0.3 is 14.9 Å². The maximum Gasteiger partial charge on any atom is 0.0717 e. The highest BCUT2D eigenvalue weighted by atomic mass is 16.5. The van der Waals surface area contributed by atoms with E-state index in [1.807, 2.05) is 30.3 Å². The standard InChI is InChI=1S/C14H22O3/c15-9-4-7-14(8-10-16)12-17-11-13-5-2-1-3-6-13/h1-3,5-6,14-16H,4,7-12H2. The van der Waals surface area contributed by atoms with Crippen LogP contribution in [0.15, 0.2) is 30.3 Å². The molecule has 0 aliphatic heterocycles. The van der Waals surface area contributed by atoms with Crippen molar-refractivity contribution < 1.29 is 14.9 Å². The van der Waals surface area contributed by atoms with Gasteiger partial charge in [-0.3, -0.25) is 0 Å². The van der Waals surface area contributed by atoms with Gasteiger partial charge in [0, 0.05) is 19.8 Å². The van der Waals surface area contributed by atoms with Crippen LogP contribution in [0.25, 0.3) is 0 Å². The molecule has 1 aromatic carbocycles. The summed E-state index contributed by atoms with van der Waals surface area (Å²) in [6.45, 7) is 1.66. The third kappa shape index (κ3) is 6.41. The van der Waals surface area contributed by atoms with Crippen molar-refractivity contribution in [3.8, 4) is 0 Å². The largest absolute Gasteiger partial charge is 0.396 e. The van der Waals surface area contributed by atoms with Crippen molar-refractivity contribution >= 4 is 0 Å². The minimum absolute atomic E-state index is 0.185. The summed E-state index contributed by atoms with van der Waals surface area (Å²) >= 11 is 0. The maximum absolute atomic E-state index is 8.93. The smallest absolute Gasteiger partial charge is 0.0717 e. The van der Waals surface area contributed by atoms with E-state index in [0.717, 1.165) is 24.8 Å². The van der Waals surface area contributed by atoms with Crippen LogP contribution in [0.5, 0.6) is 0 Å². The van der Waals surface area contributed by atoms with Crippen molar-refractivity contribution in [2.24, 2.45) is 5.92 Å². The van der Waals surface area contributed by atoms with Gasteiger partial charge in [0.25, 0.3) is 0 Å². The summed E-state index contributed by atoms with van der Waals surface area (Å²) in [7, 11) is 0. The molecule has 1 aromatic rings. The molecule has 0 aliphatic rings. The summed E-state index contributed by atoms with van der Waals surface area (Å²) in [6, 6.07) is 10.0. The van der Waals surface area contributed by atoms with E-state index in [1.165, 1.54) is 0 Å². The summed E-state index contributed by atoms with van der Waals surface area (Å²) in [5.74, 6) is 0.343. The fourth-order valence-electron chi connectivity index (χ4n) is 1.79. The molecule has 1 unspecified atom stereocenters. The van der Waals surface area contributed by atoms with Crippen molar-refractivity contribution in [3.05, 3.63) is 35.9 Å². The molecule has 0 bridgehead atoms. The molecule has 0 saturated carbocycles. The fraction of sp³-hybridized carbons (Fsp3) is 0.571. The number of aliphatic hydroxyl groups is 2. The monoisotopic (exact) mass is 238 g/mol. The zero-order valence-corrected chi connectivity index (χ0v) is 10.2. The minimum Gasteiger partial charge on any atom is -0.396 e. The summed E-state index contributed by atoms with van der Waals surface area (Å²) in [4.78, 5) is 0. The molecular weight excluding hydrogens is 216 g/mol. The zero-order valence-electron chi connectivity index (χ0n) is 10.2. The Labute approximate surface area is 103 Å². The molecule has 1 atom stereocenters. The van der Waals surface area contributed by atoms with E-state index < -0.39 is 0 Å². The lowest BCUT2D eigenvalue weighted by Gasteiger charge is -2.15. The van der Waals surface area contributed by atoms with E-state index in [4.69, 9.17) is 14.9 Å². The number of aliphatic hydroxyl groups excluding tert-OH is 2. The average Bonchev–Trinajstić information content (AvgIpc) is 2.37. The van der Waals surface area contributed by atoms with Crippen LogP contribution in [-0.2, 0) is 11.3 Å². The summed E-state index contributed by atoms with van der Waals surface area (Å²) in [5.41, 5.74) is 1.16. The summed E-state index contributed by atoms with van der Waals surface area (Å²) in [5, 5.41) is 17.7. The van der Waals surface area contributed by atoms with Crippen molar-refractivity contribution in [2.75, 3.05) is 19.8 Å². The van der Waals surface area contributed by atoms with Crippen LogP contribution in [-0.4, -0.2) is 30.0 Å². The van der Waals surface area contributed by atoms with Crippen molar-refractivity contribution in [1.29, 1.82) is 0 Å².